The van der Waals surface area contributed by atoms with Crippen molar-refractivity contribution in [3.8, 4) is 50.8 Å². The lowest BCUT2D eigenvalue weighted by atomic mass is 9.85. The van der Waals surface area contributed by atoms with Gasteiger partial charge in [-0.25, -0.2) is 0 Å². The summed E-state index contributed by atoms with van der Waals surface area (Å²) in [5.74, 6) is 1.51. The summed E-state index contributed by atoms with van der Waals surface area (Å²) in [5.41, 5.74) is 10.9. The van der Waals surface area contributed by atoms with Crippen LogP contribution in [0.4, 0.5) is 0 Å². The van der Waals surface area contributed by atoms with Gasteiger partial charge in [0.2, 0.25) is 0 Å². The van der Waals surface area contributed by atoms with Crippen molar-refractivity contribution in [2.24, 2.45) is 0 Å². The van der Waals surface area contributed by atoms with Gasteiger partial charge in [-0.15, -0.1) is 0 Å². The normalized spacial score (nSPS) is 11.6. The first kappa shape index (κ1) is 29.4. The molecule has 0 fully saturated rings. The highest BCUT2D eigenvalue weighted by Crippen LogP contribution is 2.39. The Labute approximate surface area is 281 Å². The molecule has 3 aromatic heterocycles. The van der Waals surface area contributed by atoms with E-state index in [4.69, 9.17) is 9.72 Å². The fourth-order valence-corrected chi connectivity index (χ4v) is 6.44. The number of hydrogen-bond donors (Lipinski definition) is 0. The minimum atomic E-state index is 0.0273. The SMILES string of the molecule is CC(C)(C)c1ccc(-n2c3ccccc3c3cc(-c4cccc(Oc5cccc(-c6ccccn6)c5)c4)ncc32)c(-c2ccccc2)c1. The van der Waals surface area contributed by atoms with E-state index in [1.807, 2.05) is 60.8 Å². The predicted octanol–water partition coefficient (Wildman–Crippen LogP) is 11.7. The van der Waals surface area contributed by atoms with Crippen LogP contribution in [0.15, 0.2) is 158 Å². The van der Waals surface area contributed by atoms with Gasteiger partial charge in [0.25, 0.3) is 0 Å². The molecule has 8 aromatic rings. The van der Waals surface area contributed by atoms with E-state index in [-0.39, 0.29) is 5.41 Å². The third-order valence-electron chi connectivity index (χ3n) is 8.91. The van der Waals surface area contributed by atoms with Crippen LogP contribution in [0.5, 0.6) is 11.5 Å². The van der Waals surface area contributed by atoms with E-state index in [2.05, 4.69) is 121 Å². The maximum atomic E-state index is 6.35. The van der Waals surface area contributed by atoms with E-state index >= 15 is 0 Å². The van der Waals surface area contributed by atoms with Gasteiger partial charge in [0.1, 0.15) is 11.5 Å². The second-order valence-electron chi connectivity index (χ2n) is 13.2. The third kappa shape index (κ3) is 5.52. The first-order valence-electron chi connectivity index (χ1n) is 16.3. The number of para-hydroxylation sites is 1. The Morgan fingerprint density at radius 2 is 1.21 bits per heavy atom. The summed E-state index contributed by atoms with van der Waals surface area (Å²) in [6.45, 7) is 6.80. The van der Waals surface area contributed by atoms with Crippen LogP contribution in [0.3, 0.4) is 0 Å². The van der Waals surface area contributed by atoms with Gasteiger partial charge in [-0.1, -0.05) is 106 Å². The van der Waals surface area contributed by atoms with Gasteiger partial charge >= 0.3 is 0 Å². The van der Waals surface area contributed by atoms with Crippen molar-refractivity contribution < 1.29 is 4.74 Å². The number of ether oxygens (including phenoxy) is 1. The fraction of sp³-hybridized carbons (Fsp3) is 0.0909. The molecule has 0 unspecified atom stereocenters. The van der Waals surface area contributed by atoms with Crippen LogP contribution < -0.4 is 4.74 Å². The first-order valence-corrected chi connectivity index (χ1v) is 16.3. The zero-order valence-electron chi connectivity index (χ0n) is 27.3. The Kier molecular flexibility index (Phi) is 7.34. The van der Waals surface area contributed by atoms with Gasteiger partial charge in [0, 0.05) is 33.7 Å². The van der Waals surface area contributed by atoms with Crippen molar-refractivity contribution in [1.82, 2.24) is 14.5 Å². The van der Waals surface area contributed by atoms with Crippen LogP contribution in [0, 0.1) is 0 Å². The quantitative estimate of drug-likeness (QED) is 0.185. The standard InChI is InChI=1S/C44H35N3O/c1-44(2,3)33-22-23-42(37(27-33)30-13-5-4-6-14-30)47-41-21-8-7-19-36(41)38-28-40(46-29-43(38)47)32-16-12-18-35(26-32)48-34-17-11-15-31(25-34)39-20-9-10-24-45-39/h4-29H,1-3H3. The molecule has 3 heterocycles. The molecule has 0 aliphatic rings. The molecule has 48 heavy (non-hydrogen) atoms. The number of fused-ring (bicyclic) bond motifs is 3. The van der Waals surface area contributed by atoms with Crippen LogP contribution in [0.2, 0.25) is 0 Å². The monoisotopic (exact) mass is 621 g/mol. The summed E-state index contributed by atoms with van der Waals surface area (Å²) in [5, 5.41) is 2.35. The molecule has 0 radical (unpaired) electrons. The Balaban J connectivity index is 1.22. The number of aromatic nitrogens is 3. The molecule has 5 aromatic carbocycles. The Morgan fingerprint density at radius 1 is 0.521 bits per heavy atom. The van der Waals surface area contributed by atoms with Crippen LogP contribution >= 0.6 is 0 Å². The molecule has 0 aliphatic heterocycles. The highest BCUT2D eigenvalue weighted by atomic mass is 16.5. The lowest BCUT2D eigenvalue weighted by Crippen LogP contribution is -2.11. The first-order chi connectivity index (χ1) is 23.4. The molecule has 8 rings (SSSR count). The van der Waals surface area contributed by atoms with Crippen molar-refractivity contribution in [1.29, 1.82) is 0 Å². The molecule has 4 heteroatoms. The second-order valence-corrected chi connectivity index (χ2v) is 13.2. The van der Waals surface area contributed by atoms with Crippen molar-refractivity contribution in [3.63, 3.8) is 0 Å². The van der Waals surface area contributed by atoms with E-state index < -0.39 is 0 Å². The molecule has 0 saturated carbocycles. The molecule has 0 N–H and O–H groups in total. The molecule has 0 bridgehead atoms. The summed E-state index contributed by atoms with van der Waals surface area (Å²) >= 11 is 0. The van der Waals surface area contributed by atoms with E-state index in [1.165, 1.54) is 22.1 Å². The Hall–Kier alpha value is -6.00. The fourth-order valence-electron chi connectivity index (χ4n) is 6.44. The summed E-state index contributed by atoms with van der Waals surface area (Å²) in [6.07, 6.45) is 3.82. The summed E-state index contributed by atoms with van der Waals surface area (Å²) < 4.78 is 8.72. The minimum Gasteiger partial charge on any atom is -0.457 e. The van der Waals surface area contributed by atoms with Crippen molar-refractivity contribution >= 4 is 21.8 Å². The van der Waals surface area contributed by atoms with Gasteiger partial charge in [-0.3, -0.25) is 9.97 Å². The molecule has 0 aliphatic carbocycles. The molecule has 0 amide bonds. The van der Waals surface area contributed by atoms with Crippen molar-refractivity contribution in [3.05, 3.63) is 164 Å². The molecule has 4 nitrogen and oxygen atoms in total. The number of pyridine rings is 2. The summed E-state index contributed by atoms with van der Waals surface area (Å²) in [4.78, 5) is 9.52. The average Bonchev–Trinajstić information content (AvgIpc) is 3.45. The van der Waals surface area contributed by atoms with Crippen LogP contribution in [0.25, 0.3) is 61.1 Å². The zero-order valence-corrected chi connectivity index (χ0v) is 27.3. The van der Waals surface area contributed by atoms with Crippen LogP contribution in [0.1, 0.15) is 26.3 Å². The molecule has 0 atom stereocenters. The molecule has 232 valence electrons. The molecule has 0 spiro atoms. The summed E-state index contributed by atoms with van der Waals surface area (Å²) in [7, 11) is 0. The largest absolute Gasteiger partial charge is 0.457 e. The molecule has 0 saturated heterocycles. The highest BCUT2D eigenvalue weighted by Gasteiger charge is 2.20. The number of rotatable bonds is 6. The van der Waals surface area contributed by atoms with Crippen LogP contribution in [-0.2, 0) is 5.41 Å². The topological polar surface area (TPSA) is 39.9 Å². The van der Waals surface area contributed by atoms with Gasteiger partial charge in [-0.2, -0.15) is 0 Å². The predicted molar refractivity (Wildman–Crippen MR) is 198 cm³/mol. The van der Waals surface area contributed by atoms with Crippen molar-refractivity contribution in [2.75, 3.05) is 0 Å². The van der Waals surface area contributed by atoms with E-state index in [9.17, 15) is 0 Å². The maximum Gasteiger partial charge on any atom is 0.128 e. The van der Waals surface area contributed by atoms with Crippen molar-refractivity contribution in [2.45, 2.75) is 26.2 Å². The van der Waals surface area contributed by atoms with Gasteiger partial charge in [-0.05, 0) is 77.2 Å². The lowest BCUT2D eigenvalue weighted by molar-refractivity contribution is 0.483. The van der Waals surface area contributed by atoms with Gasteiger partial charge in [0.05, 0.1) is 34.3 Å². The maximum absolute atomic E-state index is 6.35. The zero-order chi connectivity index (χ0) is 32.7. The second kappa shape index (κ2) is 12.0. The minimum absolute atomic E-state index is 0.0273. The highest BCUT2D eigenvalue weighted by molar-refractivity contribution is 6.10. The summed E-state index contributed by atoms with van der Waals surface area (Å²) in [6, 6.07) is 50.5. The molecular weight excluding hydrogens is 587 g/mol. The number of benzene rings is 5. The number of nitrogens with zero attached hydrogens (tertiary/aromatic N) is 3. The van der Waals surface area contributed by atoms with E-state index in [1.54, 1.807) is 6.20 Å². The Bertz CT molecular complexity index is 2400. The average molecular weight is 622 g/mol. The lowest BCUT2D eigenvalue weighted by Gasteiger charge is -2.22. The Morgan fingerprint density at radius 3 is 1.94 bits per heavy atom. The van der Waals surface area contributed by atoms with Crippen LogP contribution in [-0.4, -0.2) is 14.5 Å². The van der Waals surface area contributed by atoms with E-state index in [0.29, 0.717) is 0 Å². The van der Waals surface area contributed by atoms with Gasteiger partial charge in [0.15, 0.2) is 0 Å². The van der Waals surface area contributed by atoms with E-state index in [0.717, 1.165) is 56.1 Å². The molecular formula is C44H35N3O. The third-order valence-corrected chi connectivity index (χ3v) is 8.91. The number of hydrogen-bond acceptors (Lipinski definition) is 3. The smallest absolute Gasteiger partial charge is 0.128 e. The van der Waals surface area contributed by atoms with Gasteiger partial charge < -0.3 is 9.30 Å².